The summed E-state index contributed by atoms with van der Waals surface area (Å²) >= 11 is 5.51. The Morgan fingerprint density at radius 2 is 2.43 bits per heavy atom. The summed E-state index contributed by atoms with van der Waals surface area (Å²) in [7, 11) is 0. The van der Waals surface area contributed by atoms with Crippen LogP contribution in [0.3, 0.4) is 0 Å². The van der Waals surface area contributed by atoms with Crippen molar-refractivity contribution in [3.8, 4) is 0 Å². The van der Waals surface area contributed by atoms with E-state index in [0.717, 1.165) is 0 Å². The normalized spacial score (nSPS) is 21.2. The number of rotatable bonds is 3. The van der Waals surface area contributed by atoms with Crippen molar-refractivity contribution in [3.63, 3.8) is 0 Å². The van der Waals surface area contributed by atoms with Gasteiger partial charge in [-0.25, -0.2) is 0 Å². The molecule has 2 amide bonds. The van der Waals surface area contributed by atoms with Crippen LogP contribution in [-0.2, 0) is 9.59 Å². The van der Waals surface area contributed by atoms with E-state index >= 15 is 0 Å². The lowest BCUT2D eigenvalue weighted by Crippen LogP contribution is -2.43. The van der Waals surface area contributed by atoms with Gasteiger partial charge < -0.3 is 10.6 Å². The molecule has 0 aromatic carbocycles. The number of piperidine rings is 1. The third-order valence-electron chi connectivity index (χ3n) is 2.09. The van der Waals surface area contributed by atoms with Crippen LogP contribution in [0.4, 0.5) is 0 Å². The molecular formula is C9H13ClN2O2. The fraction of sp³-hybridized carbons (Fsp3) is 0.556. The molecule has 1 heterocycles. The van der Waals surface area contributed by atoms with Crippen LogP contribution in [-0.4, -0.2) is 24.9 Å². The predicted octanol–water partition coefficient (Wildman–Crippen LogP) is 0.381. The van der Waals surface area contributed by atoms with Gasteiger partial charge in [0.15, 0.2) is 0 Å². The van der Waals surface area contributed by atoms with Crippen molar-refractivity contribution in [3.05, 3.63) is 11.6 Å². The molecular weight excluding hydrogens is 204 g/mol. The van der Waals surface area contributed by atoms with Crippen LogP contribution >= 0.6 is 11.6 Å². The number of halogens is 1. The lowest BCUT2D eigenvalue weighted by Gasteiger charge is -2.21. The second-order valence-electron chi connectivity index (χ2n) is 3.27. The van der Waals surface area contributed by atoms with Crippen molar-refractivity contribution in [2.24, 2.45) is 5.92 Å². The molecule has 5 heteroatoms. The van der Waals surface area contributed by atoms with Gasteiger partial charge in [-0.05, 0) is 6.42 Å². The molecule has 1 aliphatic heterocycles. The third kappa shape index (κ3) is 3.38. The van der Waals surface area contributed by atoms with Gasteiger partial charge in [-0.2, -0.15) is 0 Å². The van der Waals surface area contributed by atoms with Crippen molar-refractivity contribution < 1.29 is 9.59 Å². The molecule has 0 aliphatic carbocycles. The second kappa shape index (κ2) is 5.00. The van der Waals surface area contributed by atoms with E-state index in [1.807, 2.05) is 0 Å². The van der Waals surface area contributed by atoms with E-state index in [1.54, 1.807) is 0 Å². The van der Waals surface area contributed by atoms with Crippen molar-refractivity contribution in [1.29, 1.82) is 0 Å². The summed E-state index contributed by atoms with van der Waals surface area (Å²) < 4.78 is 0. The van der Waals surface area contributed by atoms with E-state index in [1.165, 1.54) is 0 Å². The fourth-order valence-corrected chi connectivity index (χ4v) is 1.35. The minimum absolute atomic E-state index is 0.0100. The number of nitrogens with one attached hydrogen (secondary N) is 2. The van der Waals surface area contributed by atoms with Crippen LogP contribution in [0, 0.1) is 5.92 Å². The summed E-state index contributed by atoms with van der Waals surface area (Å²) in [5.41, 5.74) is 0. The maximum absolute atomic E-state index is 11.4. The van der Waals surface area contributed by atoms with Gasteiger partial charge in [-0.1, -0.05) is 18.2 Å². The average molecular weight is 217 g/mol. The van der Waals surface area contributed by atoms with Gasteiger partial charge in [-0.15, -0.1) is 0 Å². The minimum Gasteiger partial charge on any atom is -0.355 e. The van der Waals surface area contributed by atoms with E-state index in [4.69, 9.17) is 11.6 Å². The first kappa shape index (κ1) is 11.0. The van der Waals surface area contributed by atoms with E-state index in [-0.39, 0.29) is 24.3 Å². The predicted molar refractivity (Wildman–Crippen MR) is 53.7 cm³/mol. The van der Waals surface area contributed by atoms with Crippen LogP contribution in [0.25, 0.3) is 0 Å². The molecule has 0 aromatic rings. The van der Waals surface area contributed by atoms with Crippen molar-refractivity contribution in [1.82, 2.24) is 10.6 Å². The maximum Gasteiger partial charge on any atom is 0.225 e. The van der Waals surface area contributed by atoms with Gasteiger partial charge in [0.25, 0.3) is 0 Å². The molecule has 1 aliphatic rings. The topological polar surface area (TPSA) is 58.2 Å². The van der Waals surface area contributed by atoms with Gasteiger partial charge in [0, 0.05) is 18.0 Å². The number of carbonyl (C=O) groups is 2. The molecule has 1 saturated heterocycles. The van der Waals surface area contributed by atoms with Gasteiger partial charge in [0.05, 0.1) is 12.5 Å². The first-order valence-electron chi connectivity index (χ1n) is 4.47. The molecule has 0 bridgehead atoms. The van der Waals surface area contributed by atoms with Crippen molar-refractivity contribution >= 4 is 23.4 Å². The van der Waals surface area contributed by atoms with E-state index in [2.05, 4.69) is 17.2 Å². The summed E-state index contributed by atoms with van der Waals surface area (Å²) in [6, 6.07) is 0. The molecule has 0 spiro atoms. The Hall–Kier alpha value is -1.03. The zero-order valence-corrected chi connectivity index (χ0v) is 8.56. The number of hydrogen-bond donors (Lipinski definition) is 2. The first-order chi connectivity index (χ1) is 6.59. The molecule has 1 unspecified atom stereocenters. The van der Waals surface area contributed by atoms with Crippen LogP contribution in [0.15, 0.2) is 11.6 Å². The molecule has 78 valence electrons. The SMILES string of the molecule is C=C(Cl)CNC(=O)C1CCC(=O)NC1. The summed E-state index contributed by atoms with van der Waals surface area (Å²) in [4.78, 5) is 22.3. The Kier molecular flexibility index (Phi) is 3.95. The van der Waals surface area contributed by atoms with Crippen LogP contribution < -0.4 is 10.6 Å². The number of carbonyl (C=O) groups excluding carboxylic acids is 2. The Balaban J connectivity index is 2.30. The summed E-state index contributed by atoms with van der Waals surface area (Å²) in [6.07, 6.45) is 1.02. The smallest absolute Gasteiger partial charge is 0.225 e. The van der Waals surface area contributed by atoms with Crippen LogP contribution in [0.2, 0.25) is 0 Å². The Morgan fingerprint density at radius 3 is 2.93 bits per heavy atom. The fourth-order valence-electron chi connectivity index (χ4n) is 1.28. The minimum atomic E-state index is -0.135. The van der Waals surface area contributed by atoms with Gasteiger partial charge in [0.1, 0.15) is 0 Å². The third-order valence-corrected chi connectivity index (χ3v) is 2.22. The Morgan fingerprint density at radius 1 is 1.71 bits per heavy atom. The highest BCUT2D eigenvalue weighted by molar-refractivity contribution is 6.29. The first-order valence-corrected chi connectivity index (χ1v) is 4.85. The van der Waals surface area contributed by atoms with Gasteiger partial charge in [-0.3, -0.25) is 9.59 Å². The van der Waals surface area contributed by atoms with E-state index in [9.17, 15) is 9.59 Å². The summed E-state index contributed by atoms with van der Waals surface area (Å²) in [5, 5.41) is 5.69. The van der Waals surface area contributed by atoms with E-state index < -0.39 is 0 Å². The standard InChI is InChI=1S/C9H13ClN2O2/c1-6(10)4-12-9(14)7-2-3-8(13)11-5-7/h7H,1-5H2,(H,11,13)(H,12,14). The van der Waals surface area contributed by atoms with Crippen LogP contribution in [0.5, 0.6) is 0 Å². The molecule has 0 radical (unpaired) electrons. The molecule has 1 rings (SSSR count). The largest absolute Gasteiger partial charge is 0.355 e. The second-order valence-corrected chi connectivity index (χ2v) is 3.81. The molecule has 1 fully saturated rings. The Labute approximate surface area is 87.7 Å². The number of amides is 2. The van der Waals surface area contributed by atoms with Gasteiger partial charge >= 0.3 is 0 Å². The molecule has 0 saturated carbocycles. The molecule has 1 atom stereocenters. The number of hydrogen-bond acceptors (Lipinski definition) is 2. The molecule has 4 nitrogen and oxygen atoms in total. The highest BCUT2D eigenvalue weighted by Gasteiger charge is 2.23. The highest BCUT2D eigenvalue weighted by atomic mass is 35.5. The molecule has 2 N–H and O–H groups in total. The zero-order chi connectivity index (χ0) is 10.6. The lowest BCUT2D eigenvalue weighted by molar-refractivity contribution is -0.128. The quantitative estimate of drug-likeness (QED) is 0.717. The van der Waals surface area contributed by atoms with Crippen molar-refractivity contribution in [2.45, 2.75) is 12.8 Å². The average Bonchev–Trinajstić information content (AvgIpc) is 2.15. The Bertz CT molecular complexity index is 256. The van der Waals surface area contributed by atoms with Crippen molar-refractivity contribution in [2.75, 3.05) is 13.1 Å². The summed E-state index contributed by atoms with van der Waals surface area (Å²) in [5.74, 6) is -0.202. The van der Waals surface area contributed by atoms with Gasteiger partial charge in [0.2, 0.25) is 11.8 Å². The summed E-state index contributed by atoms with van der Waals surface area (Å²) in [6.45, 7) is 4.16. The monoisotopic (exact) mass is 216 g/mol. The molecule has 14 heavy (non-hydrogen) atoms. The maximum atomic E-state index is 11.4. The van der Waals surface area contributed by atoms with Crippen LogP contribution in [0.1, 0.15) is 12.8 Å². The van der Waals surface area contributed by atoms with E-state index in [0.29, 0.717) is 24.4 Å². The zero-order valence-electron chi connectivity index (χ0n) is 7.81. The lowest BCUT2D eigenvalue weighted by atomic mass is 9.98. The highest BCUT2D eigenvalue weighted by Crippen LogP contribution is 2.10. The molecule has 0 aromatic heterocycles.